The quantitative estimate of drug-likeness (QED) is 0.330. The fraction of sp³-hybridized carbons (Fsp3) is 0.233. The van der Waals surface area contributed by atoms with Gasteiger partial charge in [-0.25, -0.2) is 4.79 Å². The first-order valence-electron chi connectivity index (χ1n) is 12.4. The molecule has 1 heterocycles. The van der Waals surface area contributed by atoms with Crippen LogP contribution in [0.2, 0.25) is 0 Å². The minimum absolute atomic E-state index is 0.0628. The van der Waals surface area contributed by atoms with Gasteiger partial charge in [0.05, 0.1) is 12.2 Å². The summed E-state index contributed by atoms with van der Waals surface area (Å²) in [6.07, 6.45) is 1.57. The van der Waals surface area contributed by atoms with E-state index in [0.29, 0.717) is 49.8 Å². The fourth-order valence-corrected chi connectivity index (χ4v) is 4.19. The number of ether oxygens (including phenoxy) is 2. The molecule has 8 heteroatoms. The molecule has 0 aromatic heterocycles. The number of aromatic carboxylic acids is 1. The summed E-state index contributed by atoms with van der Waals surface area (Å²) in [4.78, 5) is 28.1. The first-order chi connectivity index (χ1) is 18.5. The van der Waals surface area contributed by atoms with Gasteiger partial charge in [0.25, 0.3) is 5.91 Å². The molecule has 194 valence electrons. The van der Waals surface area contributed by atoms with Gasteiger partial charge in [0, 0.05) is 31.9 Å². The third-order valence-electron chi connectivity index (χ3n) is 6.21. The zero-order valence-electron chi connectivity index (χ0n) is 21.2. The maximum absolute atomic E-state index is 13.1. The molecular weight excluding hydrogens is 482 g/mol. The van der Waals surface area contributed by atoms with Crippen molar-refractivity contribution in [1.29, 1.82) is 5.26 Å². The van der Waals surface area contributed by atoms with Crippen LogP contribution in [-0.2, 0) is 11.4 Å². The number of hydrogen-bond donors (Lipinski definition) is 1. The Kier molecular flexibility index (Phi) is 8.62. The van der Waals surface area contributed by atoms with E-state index in [1.54, 1.807) is 41.3 Å². The van der Waals surface area contributed by atoms with Crippen molar-refractivity contribution < 1.29 is 24.2 Å². The second kappa shape index (κ2) is 12.5. The molecule has 3 aromatic rings. The summed E-state index contributed by atoms with van der Waals surface area (Å²) in [5.41, 5.74) is 2.86. The Hall–Kier alpha value is -4.77. The van der Waals surface area contributed by atoms with Gasteiger partial charge in [-0.1, -0.05) is 36.4 Å². The number of piperazine rings is 1. The Morgan fingerprint density at radius 2 is 1.66 bits per heavy atom. The molecule has 8 nitrogen and oxygen atoms in total. The summed E-state index contributed by atoms with van der Waals surface area (Å²) in [6, 6.07) is 23.8. The van der Waals surface area contributed by atoms with E-state index in [9.17, 15) is 14.9 Å². The lowest BCUT2D eigenvalue weighted by Crippen LogP contribution is -2.49. The highest BCUT2D eigenvalue weighted by molar-refractivity contribution is 6.01. The van der Waals surface area contributed by atoms with E-state index < -0.39 is 5.97 Å². The van der Waals surface area contributed by atoms with Gasteiger partial charge in [0.15, 0.2) is 11.5 Å². The van der Waals surface area contributed by atoms with Crippen molar-refractivity contribution in [3.63, 3.8) is 0 Å². The topological polar surface area (TPSA) is 103 Å². The molecular formula is C30H29N3O5. The lowest BCUT2D eigenvalue weighted by molar-refractivity contribution is -0.126. The van der Waals surface area contributed by atoms with E-state index >= 15 is 0 Å². The van der Waals surface area contributed by atoms with Gasteiger partial charge in [-0.15, -0.1) is 0 Å². The number of hydrogen-bond acceptors (Lipinski definition) is 6. The number of benzene rings is 3. The van der Waals surface area contributed by atoms with Crippen molar-refractivity contribution >= 4 is 23.6 Å². The van der Waals surface area contributed by atoms with Gasteiger partial charge in [-0.3, -0.25) is 4.79 Å². The average molecular weight is 512 g/mol. The van der Waals surface area contributed by atoms with Crippen LogP contribution in [-0.4, -0.2) is 54.7 Å². The predicted octanol–water partition coefficient (Wildman–Crippen LogP) is 4.62. The average Bonchev–Trinajstić information content (AvgIpc) is 2.96. The molecule has 1 saturated heterocycles. The van der Waals surface area contributed by atoms with Crippen LogP contribution >= 0.6 is 0 Å². The van der Waals surface area contributed by atoms with Crippen molar-refractivity contribution in [2.75, 3.05) is 37.7 Å². The normalized spacial score (nSPS) is 13.5. The molecule has 4 rings (SSSR count). The van der Waals surface area contributed by atoms with Crippen LogP contribution in [0.4, 0.5) is 5.69 Å². The summed E-state index contributed by atoms with van der Waals surface area (Å²) in [5, 5.41) is 18.8. The number of carbonyl (C=O) groups is 2. The van der Waals surface area contributed by atoms with Crippen LogP contribution in [0.3, 0.4) is 0 Å². The standard InChI is InChI=1S/C30H29N3O5/c1-2-37-28-19-23(10-13-27(28)38-21-22-8-11-24(12-9-22)30(35)36)18-25(20-31)29(34)33-16-14-32(15-17-33)26-6-4-3-5-7-26/h3-13,18-19H,2,14-17,21H2,1H3,(H,35,36)/b25-18-. The molecule has 1 N–H and O–H groups in total. The van der Waals surface area contributed by atoms with E-state index in [2.05, 4.69) is 23.1 Å². The van der Waals surface area contributed by atoms with Gasteiger partial charge >= 0.3 is 5.97 Å². The molecule has 0 aliphatic carbocycles. The highest BCUT2D eigenvalue weighted by Gasteiger charge is 2.24. The van der Waals surface area contributed by atoms with E-state index in [1.165, 1.54) is 12.1 Å². The maximum atomic E-state index is 13.1. The molecule has 1 aliphatic heterocycles. The zero-order chi connectivity index (χ0) is 26.9. The Morgan fingerprint density at radius 3 is 2.29 bits per heavy atom. The Bertz CT molecular complexity index is 1340. The molecule has 3 aromatic carbocycles. The summed E-state index contributed by atoms with van der Waals surface area (Å²) >= 11 is 0. The third-order valence-corrected chi connectivity index (χ3v) is 6.21. The number of para-hydroxylation sites is 1. The molecule has 0 atom stereocenters. The first-order valence-corrected chi connectivity index (χ1v) is 12.4. The van der Waals surface area contributed by atoms with Crippen molar-refractivity contribution in [3.8, 4) is 17.6 Å². The van der Waals surface area contributed by atoms with Crippen molar-refractivity contribution in [3.05, 3.63) is 95.1 Å². The van der Waals surface area contributed by atoms with Crippen molar-refractivity contribution in [1.82, 2.24) is 4.90 Å². The van der Waals surface area contributed by atoms with Crippen LogP contribution < -0.4 is 14.4 Å². The number of amides is 1. The smallest absolute Gasteiger partial charge is 0.335 e. The number of anilines is 1. The van der Waals surface area contributed by atoms with Crippen LogP contribution in [0.25, 0.3) is 6.08 Å². The Morgan fingerprint density at radius 1 is 0.947 bits per heavy atom. The van der Waals surface area contributed by atoms with Crippen LogP contribution in [0.1, 0.15) is 28.4 Å². The monoisotopic (exact) mass is 511 g/mol. The fourth-order valence-electron chi connectivity index (χ4n) is 4.19. The number of carbonyl (C=O) groups excluding carboxylic acids is 1. The highest BCUT2D eigenvalue weighted by atomic mass is 16.5. The molecule has 0 unspecified atom stereocenters. The second-order valence-corrected chi connectivity index (χ2v) is 8.71. The number of rotatable bonds is 9. The predicted molar refractivity (Wildman–Crippen MR) is 144 cm³/mol. The maximum Gasteiger partial charge on any atom is 0.335 e. The van der Waals surface area contributed by atoms with E-state index in [0.717, 1.165) is 11.3 Å². The molecule has 0 spiro atoms. The highest BCUT2D eigenvalue weighted by Crippen LogP contribution is 2.30. The largest absolute Gasteiger partial charge is 0.490 e. The minimum Gasteiger partial charge on any atom is -0.490 e. The second-order valence-electron chi connectivity index (χ2n) is 8.71. The molecule has 1 aliphatic rings. The molecule has 0 bridgehead atoms. The van der Waals surface area contributed by atoms with Crippen LogP contribution in [0.15, 0.2) is 78.4 Å². The van der Waals surface area contributed by atoms with E-state index in [-0.39, 0.29) is 23.7 Å². The van der Waals surface area contributed by atoms with Crippen molar-refractivity contribution in [2.24, 2.45) is 0 Å². The van der Waals surface area contributed by atoms with Gasteiger partial charge in [0.2, 0.25) is 0 Å². The Balaban J connectivity index is 1.43. The van der Waals surface area contributed by atoms with Gasteiger partial charge in [-0.05, 0) is 60.5 Å². The summed E-state index contributed by atoms with van der Waals surface area (Å²) in [5.74, 6) is -0.273. The third kappa shape index (κ3) is 6.51. The molecule has 0 saturated carbocycles. The SMILES string of the molecule is CCOc1cc(/C=C(/C#N)C(=O)N2CCN(c3ccccc3)CC2)ccc1OCc1ccc(C(=O)O)cc1. The number of nitriles is 1. The van der Waals surface area contributed by atoms with Gasteiger partial charge in [-0.2, -0.15) is 5.26 Å². The van der Waals surface area contributed by atoms with Crippen LogP contribution in [0, 0.1) is 11.3 Å². The summed E-state index contributed by atoms with van der Waals surface area (Å²) in [7, 11) is 0. The first kappa shape index (κ1) is 26.3. The lowest BCUT2D eigenvalue weighted by Gasteiger charge is -2.36. The number of nitrogens with zero attached hydrogens (tertiary/aromatic N) is 3. The summed E-state index contributed by atoms with van der Waals surface area (Å²) < 4.78 is 11.7. The molecule has 1 fully saturated rings. The number of carboxylic acid groups (broad SMARTS) is 1. The molecule has 1 amide bonds. The molecule has 0 radical (unpaired) electrons. The Labute approximate surface area is 221 Å². The van der Waals surface area contributed by atoms with E-state index in [4.69, 9.17) is 14.6 Å². The van der Waals surface area contributed by atoms with Crippen molar-refractivity contribution in [2.45, 2.75) is 13.5 Å². The number of carboxylic acids is 1. The lowest BCUT2D eigenvalue weighted by atomic mass is 10.1. The van der Waals surface area contributed by atoms with Gasteiger partial charge in [0.1, 0.15) is 18.2 Å². The van der Waals surface area contributed by atoms with E-state index in [1.807, 2.05) is 25.1 Å². The van der Waals surface area contributed by atoms with Crippen LogP contribution in [0.5, 0.6) is 11.5 Å². The summed E-state index contributed by atoms with van der Waals surface area (Å²) in [6.45, 7) is 4.98. The molecule has 38 heavy (non-hydrogen) atoms. The van der Waals surface area contributed by atoms with Gasteiger partial charge < -0.3 is 24.4 Å². The minimum atomic E-state index is -0.982. The zero-order valence-corrected chi connectivity index (χ0v) is 21.2.